The topological polar surface area (TPSA) is 38.5 Å². The summed E-state index contributed by atoms with van der Waals surface area (Å²) in [6, 6.07) is 6.86. The van der Waals surface area contributed by atoms with Crippen LogP contribution in [0.25, 0.3) is 0 Å². The summed E-state index contributed by atoms with van der Waals surface area (Å²) in [5.41, 5.74) is 8.31. The molecule has 0 amide bonds. The Balaban J connectivity index is 3.01. The fourth-order valence-corrected chi connectivity index (χ4v) is 2.58. The number of ether oxygens (including phenoxy) is 1. The number of halogens is 1. The normalized spacial score (nSPS) is 14.6. The molecule has 4 heteroatoms. The van der Waals surface area contributed by atoms with Crippen molar-refractivity contribution in [2.24, 2.45) is 5.73 Å². The number of hydrogen-bond donors (Lipinski definition) is 1. The lowest BCUT2D eigenvalue weighted by Crippen LogP contribution is -2.41. The van der Waals surface area contributed by atoms with E-state index < -0.39 is 0 Å². The number of hydrogen-bond acceptors (Lipinski definition) is 3. The van der Waals surface area contributed by atoms with Crippen LogP contribution in [0.5, 0.6) is 0 Å². The quantitative estimate of drug-likeness (QED) is 0.799. The first-order valence-electron chi connectivity index (χ1n) is 7.25. The molecular formula is C16H27ClN2O. The largest absolute Gasteiger partial charge is 0.383 e. The van der Waals surface area contributed by atoms with Gasteiger partial charge in [-0.15, -0.1) is 0 Å². The average molecular weight is 299 g/mol. The molecule has 3 nitrogen and oxygen atoms in total. The highest BCUT2D eigenvalue weighted by molar-refractivity contribution is 6.31. The molecule has 0 heterocycles. The smallest absolute Gasteiger partial charge is 0.0590 e. The zero-order chi connectivity index (χ0) is 15.1. The summed E-state index contributed by atoms with van der Waals surface area (Å²) in [4.78, 5) is 2.41. The molecule has 0 radical (unpaired) electrons. The molecule has 1 rings (SSSR count). The first kappa shape index (κ1) is 17.4. The lowest BCUT2D eigenvalue weighted by molar-refractivity contribution is 0.0902. The van der Waals surface area contributed by atoms with Gasteiger partial charge in [0, 0.05) is 37.3 Å². The molecule has 2 atom stereocenters. The highest BCUT2D eigenvalue weighted by Crippen LogP contribution is 2.27. The Labute approximate surface area is 128 Å². The van der Waals surface area contributed by atoms with Crippen molar-refractivity contribution in [2.75, 3.05) is 26.8 Å². The summed E-state index contributed by atoms with van der Waals surface area (Å²) < 4.78 is 5.23. The second-order valence-electron chi connectivity index (χ2n) is 5.25. The van der Waals surface area contributed by atoms with E-state index in [0.717, 1.165) is 23.6 Å². The standard InChI is InChI=1S/C16H27ClN2O/c1-5-13(3)19(8-9-20-4)16(11-18)14-7-6-12(2)15(17)10-14/h6-7,10,13,16H,5,8-9,11,18H2,1-4H3. The van der Waals surface area contributed by atoms with Crippen LogP contribution in [0.3, 0.4) is 0 Å². The van der Waals surface area contributed by atoms with Crippen molar-refractivity contribution in [2.45, 2.75) is 39.3 Å². The first-order valence-corrected chi connectivity index (χ1v) is 7.63. The van der Waals surface area contributed by atoms with Crippen molar-refractivity contribution in [3.8, 4) is 0 Å². The van der Waals surface area contributed by atoms with Crippen LogP contribution in [0, 0.1) is 6.92 Å². The van der Waals surface area contributed by atoms with Gasteiger partial charge in [-0.2, -0.15) is 0 Å². The molecule has 2 unspecified atom stereocenters. The second kappa shape index (κ2) is 8.63. The maximum atomic E-state index is 6.25. The van der Waals surface area contributed by atoms with Crippen molar-refractivity contribution >= 4 is 11.6 Å². The maximum absolute atomic E-state index is 6.25. The van der Waals surface area contributed by atoms with E-state index in [1.165, 1.54) is 5.56 Å². The van der Waals surface area contributed by atoms with E-state index in [0.29, 0.717) is 19.2 Å². The summed E-state index contributed by atoms with van der Waals surface area (Å²) in [5.74, 6) is 0. The number of aryl methyl sites for hydroxylation is 1. The van der Waals surface area contributed by atoms with Gasteiger partial charge in [-0.3, -0.25) is 4.90 Å². The van der Waals surface area contributed by atoms with Crippen molar-refractivity contribution in [1.82, 2.24) is 4.90 Å². The van der Waals surface area contributed by atoms with Gasteiger partial charge in [0.15, 0.2) is 0 Å². The van der Waals surface area contributed by atoms with Gasteiger partial charge in [0.2, 0.25) is 0 Å². The third-order valence-corrected chi connectivity index (χ3v) is 4.32. The molecule has 0 aliphatic carbocycles. The second-order valence-corrected chi connectivity index (χ2v) is 5.66. The highest BCUT2D eigenvalue weighted by Gasteiger charge is 2.23. The predicted molar refractivity (Wildman–Crippen MR) is 86.3 cm³/mol. The SMILES string of the molecule is CCC(C)N(CCOC)C(CN)c1ccc(C)c(Cl)c1. The monoisotopic (exact) mass is 298 g/mol. The minimum absolute atomic E-state index is 0.179. The summed E-state index contributed by atoms with van der Waals surface area (Å²) >= 11 is 6.25. The number of nitrogens with zero attached hydrogens (tertiary/aromatic N) is 1. The molecule has 114 valence electrons. The predicted octanol–water partition coefficient (Wildman–Crippen LogP) is 3.40. The number of benzene rings is 1. The highest BCUT2D eigenvalue weighted by atomic mass is 35.5. The van der Waals surface area contributed by atoms with E-state index in [-0.39, 0.29) is 6.04 Å². The molecule has 0 saturated carbocycles. The summed E-state index contributed by atoms with van der Waals surface area (Å²) in [5, 5.41) is 0.803. The third kappa shape index (κ3) is 4.45. The lowest BCUT2D eigenvalue weighted by atomic mass is 10.0. The van der Waals surface area contributed by atoms with E-state index in [4.69, 9.17) is 22.1 Å². The lowest BCUT2D eigenvalue weighted by Gasteiger charge is -2.36. The number of nitrogens with two attached hydrogens (primary N) is 1. The van der Waals surface area contributed by atoms with Gasteiger partial charge in [-0.25, -0.2) is 0 Å². The van der Waals surface area contributed by atoms with E-state index in [9.17, 15) is 0 Å². The van der Waals surface area contributed by atoms with Crippen molar-refractivity contribution in [3.05, 3.63) is 34.3 Å². The van der Waals surface area contributed by atoms with Gasteiger partial charge in [0.1, 0.15) is 0 Å². The third-order valence-electron chi connectivity index (χ3n) is 3.91. The Bertz CT molecular complexity index is 411. The number of rotatable bonds is 8. The molecule has 20 heavy (non-hydrogen) atoms. The average Bonchev–Trinajstić information content (AvgIpc) is 2.46. The fraction of sp³-hybridized carbons (Fsp3) is 0.625. The molecule has 0 aromatic heterocycles. The van der Waals surface area contributed by atoms with Crippen LogP contribution >= 0.6 is 11.6 Å². The minimum Gasteiger partial charge on any atom is -0.383 e. The molecule has 0 bridgehead atoms. The van der Waals surface area contributed by atoms with Crippen LogP contribution in [0.15, 0.2) is 18.2 Å². The Morgan fingerprint density at radius 3 is 2.60 bits per heavy atom. The van der Waals surface area contributed by atoms with Crippen LogP contribution in [0.1, 0.15) is 37.4 Å². The van der Waals surface area contributed by atoms with Gasteiger partial charge in [-0.1, -0.05) is 30.7 Å². The minimum atomic E-state index is 0.179. The fourth-order valence-electron chi connectivity index (χ4n) is 2.39. The zero-order valence-corrected chi connectivity index (χ0v) is 13.8. The summed E-state index contributed by atoms with van der Waals surface area (Å²) in [6.07, 6.45) is 1.08. The van der Waals surface area contributed by atoms with Gasteiger partial charge in [0.25, 0.3) is 0 Å². The van der Waals surface area contributed by atoms with Gasteiger partial charge in [0.05, 0.1) is 6.61 Å². The van der Waals surface area contributed by atoms with E-state index in [1.807, 2.05) is 13.0 Å². The molecule has 1 aromatic rings. The molecule has 0 fully saturated rings. The Kier molecular flexibility index (Phi) is 7.52. The van der Waals surface area contributed by atoms with Crippen LogP contribution < -0.4 is 5.73 Å². The Morgan fingerprint density at radius 2 is 2.10 bits per heavy atom. The Hall–Kier alpha value is -0.610. The van der Waals surface area contributed by atoms with Crippen LogP contribution in [-0.4, -0.2) is 37.7 Å². The van der Waals surface area contributed by atoms with Gasteiger partial charge in [-0.05, 0) is 37.5 Å². The zero-order valence-electron chi connectivity index (χ0n) is 13.0. The first-order chi connectivity index (χ1) is 9.54. The van der Waals surface area contributed by atoms with Crippen LogP contribution in [-0.2, 0) is 4.74 Å². The van der Waals surface area contributed by atoms with E-state index in [2.05, 4.69) is 30.9 Å². The van der Waals surface area contributed by atoms with Gasteiger partial charge < -0.3 is 10.5 Å². The number of methoxy groups -OCH3 is 1. The molecule has 0 aliphatic rings. The van der Waals surface area contributed by atoms with Crippen LogP contribution in [0.4, 0.5) is 0 Å². The van der Waals surface area contributed by atoms with Crippen LogP contribution in [0.2, 0.25) is 5.02 Å². The maximum Gasteiger partial charge on any atom is 0.0590 e. The van der Waals surface area contributed by atoms with Crippen molar-refractivity contribution in [3.63, 3.8) is 0 Å². The molecule has 0 saturated heterocycles. The summed E-state index contributed by atoms with van der Waals surface area (Å²) in [7, 11) is 1.73. The molecule has 0 aliphatic heterocycles. The van der Waals surface area contributed by atoms with Crippen molar-refractivity contribution < 1.29 is 4.74 Å². The van der Waals surface area contributed by atoms with Gasteiger partial charge >= 0.3 is 0 Å². The summed E-state index contributed by atoms with van der Waals surface area (Å²) in [6.45, 7) is 8.60. The molecule has 2 N–H and O–H groups in total. The molecule has 1 aromatic carbocycles. The Morgan fingerprint density at radius 1 is 1.40 bits per heavy atom. The van der Waals surface area contributed by atoms with E-state index in [1.54, 1.807) is 7.11 Å². The molecule has 0 spiro atoms. The van der Waals surface area contributed by atoms with E-state index >= 15 is 0 Å². The van der Waals surface area contributed by atoms with Crippen molar-refractivity contribution in [1.29, 1.82) is 0 Å². The molecular weight excluding hydrogens is 272 g/mol.